The van der Waals surface area contributed by atoms with E-state index in [1.807, 2.05) is 19.9 Å². The third kappa shape index (κ3) is 2.91. The van der Waals surface area contributed by atoms with Gasteiger partial charge < -0.3 is 5.32 Å². The van der Waals surface area contributed by atoms with Crippen LogP contribution in [0, 0.1) is 18.6 Å². The maximum absolute atomic E-state index is 13.3. The van der Waals surface area contributed by atoms with Crippen LogP contribution in [-0.4, -0.2) is 15.3 Å². The lowest BCUT2D eigenvalue weighted by atomic mass is 10.2. The number of hydrogen-bond acceptors (Lipinski definition) is 2. The number of pyridine rings is 1. The van der Waals surface area contributed by atoms with Gasteiger partial charge >= 0.3 is 0 Å². The number of imidazole rings is 1. The first-order valence-electron chi connectivity index (χ1n) is 7.34. The highest BCUT2D eigenvalue weighted by Gasteiger charge is 2.20. The summed E-state index contributed by atoms with van der Waals surface area (Å²) in [6.07, 6.45) is 2.33. The molecule has 0 bridgehead atoms. The van der Waals surface area contributed by atoms with Crippen LogP contribution in [0.15, 0.2) is 34.9 Å². The fourth-order valence-electron chi connectivity index (χ4n) is 2.57. The van der Waals surface area contributed by atoms with Crippen molar-refractivity contribution in [2.45, 2.75) is 20.3 Å². The number of rotatable bonds is 3. The molecule has 2 aromatic heterocycles. The van der Waals surface area contributed by atoms with Crippen LogP contribution in [0.25, 0.3) is 5.65 Å². The van der Waals surface area contributed by atoms with Crippen molar-refractivity contribution in [1.29, 1.82) is 0 Å². The number of anilines is 1. The van der Waals surface area contributed by atoms with Gasteiger partial charge in [-0.15, -0.1) is 0 Å². The Hall–Kier alpha value is -2.28. The van der Waals surface area contributed by atoms with E-state index in [9.17, 15) is 13.6 Å². The van der Waals surface area contributed by atoms with E-state index in [0.717, 1.165) is 22.2 Å². The lowest BCUT2D eigenvalue weighted by Crippen LogP contribution is -2.16. The van der Waals surface area contributed by atoms with Crippen molar-refractivity contribution >= 4 is 33.2 Å². The van der Waals surface area contributed by atoms with Crippen molar-refractivity contribution in [3.8, 4) is 0 Å². The standard InChI is InChI=1S/C17H14BrF2N3O/c1-3-14-15(23-8-10(18)6-9(2)16(23)22-14)17(24)21-11-4-5-12(19)13(20)7-11/h4-8H,3H2,1-2H3,(H,21,24). The van der Waals surface area contributed by atoms with Gasteiger partial charge in [0.2, 0.25) is 0 Å². The van der Waals surface area contributed by atoms with Gasteiger partial charge in [-0.3, -0.25) is 9.20 Å². The average Bonchev–Trinajstić information content (AvgIpc) is 2.89. The minimum atomic E-state index is -1.01. The summed E-state index contributed by atoms with van der Waals surface area (Å²) >= 11 is 3.41. The molecule has 0 spiro atoms. The number of carbonyl (C=O) groups is 1. The van der Waals surface area contributed by atoms with Gasteiger partial charge in [0.15, 0.2) is 11.6 Å². The van der Waals surface area contributed by atoms with Gasteiger partial charge in [-0.25, -0.2) is 13.8 Å². The van der Waals surface area contributed by atoms with Crippen LogP contribution >= 0.6 is 15.9 Å². The van der Waals surface area contributed by atoms with Crippen LogP contribution in [0.4, 0.5) is 14.5 Å². The monoisotopic (exact) mass is 393 g/mol. The van der Waals surface area contributed by atoms with Crippen molar-refractivity contribution < 1.29 is 13.6 Å². The van der Waals surface area contributed by atoms with Gasteiger partial charge in [0.1, 0.15) is 11.3 Å². The van der Waals surface area contributed by atoms with E-state index in [1.54, 1.807) is 10.6 Å². The molecule has 1 amide bonds. The normalized spacial score (nSPS) is 11.0. The summed E-state index contributed by atoms with van der Waals surface area (Å²) in [4.78, 5) is 17.2. The number of nitrogens with one attached hydrogen (secondary N) is 1. The van der Waals surface area contributed by atoms with Crippen LogP contribution in [0.5, 0.6) is 0 Å². The Morgan fingerprint density at radius 2 is 2.04 bits per heavy atom. The number of aryl methyl sites for hydroxylation is 2. The van der Waals surface area contributed by atoms with E-state index in [4.69, 9.17) is 0 Å². The number of halogens is 3. The number of carbonyl (C=O) groups excluding carboxylic acids is 1. The second kappa shape index (κ2) is 6.32. The highest BCUT2D eigenvalue weighted by Crippen LogP contribution is 2.22. The van der Waals surface area contributed by atoms with Crippen molar-refractivity contribution in [3.05, 3.63) is 63.5 Å². The lowest BCUT2D eigenvalue weighted by molar-refractivity contribution is 0.102. The predicted octanol–water partition coefficient (Wildman–Crippen LogP) is 4.50. The molecule has 124 valence electrons. The quantitative estimate of drug-likeness (QED) is 0.711. The van der Waals surface area contributed by atoms with E-state index in [0.29, 0.717) is 23.5 Å². The molecule has 0 aliphatic rings. The third-order valence-corrected chi connectivity index (χ3v) is 4.10. The average molecular weight is 394 g/mol. The molecule has 0 radical (unpaired) electrons. The van der Waals surface area contributed by atoms with Gasteiger partial charge in [-0.1, -0.05) is 6.92 Å². The van der Waals surface area contributed by atoms with E-state index in [-0.39, 0.29) is 5.69 Å². The molecule has 2 heterocycles. The van der Waals surface area contributed by atoms with Crippen LogP contribution < -0.4 is 5.32 Å². The Kier molecular flexibility index (Phi) is 4.36. The number of fused-ring (bicyclic) bond motifs is 1. The number of nitrogens with zero attached hydrogens (tertiary/aromatic N) is 2. The first-order valence-corrected chi connectivity index (χ1v) is 8.13. The second-order valence-electron chi connectivity index (χ2n) is 5.38. The molecule has 1 aromatic carbocycles. The highest BCUT2D eigenvalue weighted by atomic mass is 79.9. The largest absolute Gasteiger partial charge is 0.321 e. The zero-order valence-electron chi connectivity index (χ0n) is 13.0. The Labute approximate surface area is 145 Å². The minimum Gasteiger partial charge on any atom is -0.321 e. The maximum atomic E-state index is 13.3. The molecular weight excluding hydrogens is 380 g/mol. The van der Waals surface area contributed by atoms with Gasteiger partial charge in [0.25, 0.3) is 5.91 Å². The number of benzene rings is 1. The molecule has 0 saturated heterocycles. The van der Waals surface area contributed by atoms with Crippen LogP contribution in [0.3, 0.4) is 0 Å². The maximum Gasteiger partial charge on any atom is 0.274 e. The Morgan fingerprint density at radius 3 is 2.71 bits per heavy atom. The predicted molar refractivity (Wildman–Crippen MR) is 91.3 cm³/mol. The van der Waals surface area contributed by atoms with Crippen LogP contribution in [-0.2, 0) is 6.42 Å². The van der Waals surface area contributed by atoms with E-state index in [2.05, 4.69) is 26.2 Å². The van der Waals surface area contributed by atoms with E-state index < -0.39 is 17.5 Å². The number of hydrogen-bond donors (Lipinski definition) is 1. The van der Waals surface area contributed by atoms with Crippen LogP contribution in [0.2, 0.25) is 0 Å². The summed E-state index contributed by atoms with van der Waals surface area (Å²) in [5.41, 5.74) is 2.80. The van der Waals surface area contributed by atoms with Crippen molar-refractivity contribution in [2.75, 3.05) is 5.32 Å². The molecule has 0 aliphatic carbocycles. The molecule has 7 heteroatoms. The Bertz CT molecular complexity index is 953. The summed E-state index contributed by atoms with van der Waals surface area (Å²) in [7, 11) is 0. The van der Waals surface area contributed by atoms with E-state index in [1.165, 1.54) is 6.07 Å². The van der Waals surface area contributed by atoms with Gasteiger partial charge in [-0.2, -0.15) is 0 Å². The summed E-state index contributed by atoms with van der Waals surface area (Å²) in [5, 5.41) is 2.60. The Balaban J connectivity index is 2.07. The van der Waals surface area contributed by atoms with Crippen molar-refractivity contribution in [2.24, 2.45) is 0 Å². The third-order valence-electron chi connectivity index (χ3n) is 3.67. The summed E-state index contributed by atoms with van der Waals surface area (Å²) in [5.74, 6) is -2.40. The molecular formula is C17H14BrF2N3O. The molecule has 4 nitrogen and oxygen atoms in total. The zero-order chi connectivity index (χ0) is 17.4. The number of amides is 1. The van der Waals surface area contributed by atoms with Crippen LogP contribution in [0.1, 0.15) is 28.7 Å². The molecule has 0 atom stereocenters. The minimum absolute atomic E-state index is 0.183. The first-order chi connectivity index (χ1) is 11.4. The SMILES string of the molecule is CCc1nc2c(C)cc(Br)cn2c1C(=O)Nc1ccc(F)c(F)c1. The molecule has 1 N–H and O–H groups in total. The molecule has 0 fully saturated rings. The molecule has 0 aliphatic heterocycles. The second-order valence-corrected chi connectivity index (χ2v) is 6.29. The van der Waals surface area contributed by atoms with Gasteiger partial charge in [-0.05, 0) is 53.0 Å². The van der Waals surface area contributed by atoms with Gasteiger partial charge in [0, 0.05) is 22.4 Å². The first kappa shape index (κ1) is 16.6. The molecule has 3 aromatic rings. The fraction of sp³-hybridized carbons (Fsp3) is 0.176. The Morgan fingerprint density at radius 1 is 1.29 bits per heavy atom. The zero-order valence-corrected chi connectivity index (χ0v) is 14.6. The van der Waals surface area contributed by atoms with Crippen molar-refractivity contribution in [1.82, 2.24) is 9.38 Å². The fourth-order valence-corrected chi connectivity index (χ4v) is 3.11. The molecule has 24 heavy (non-hydrogen) atoms. The molecule has 0 unspecified atom stereocenters. The number of aromatic nitrogens is 2. The molecule has 0 saturated carbocycles. The summed E-state index contributed by atoms with van der Waals surface area (Å²) < 4.78 is 28.9. The highest BCUT2D eigenvalue weighted by molar-refractivity contribution is 9.10. The summed E-state index contributed by atoms with van der Waals surface area (Å²) in [6, 6.07) is 5.15. The summed E-state index contributed by atoms with van der Waals surface area (Å²) in [6.45, 7) is 3.81. The topological polar surface area (TPSA) is 46.4 Å². The van der Waals surface area contributed by atoms with Gasteiger partial charge in [0.05, 0.1) is 5.69 Å². The van der Waals surface area contributed by atoms with E-state index >= 15 is 0 Å². The molecule has 3 rings (SSSR count). The van der Waals surface area contributed by atoms with Crippen molar-refractivity contribution in [3.63, 3.8) is 0 Å². The smallest absolute Gasteiger partial charge is 0.274 e. The lowest BCUT2D eigenvalue weighted by Gasteiger charge is -2.08.